The number of aryl methyl sites for hydroxylation is 1. The Kier molecular flexibility index (Phi) is 6.81. The summed E-state index contributed by atoms with van der Waals surface area (Å²) in [4.78, 5) is 2.48. The molecule has 0 aromatic heterocycles. The van der Waals surface area contributed by atoms with Crippen molar-refractivity contribution < 1.29 is 0 Å². The molecule has 1 aromatic rings. The Labute approximate surface area is 110 Å². The third kappa shape index (κ3) is 3.55. The first kappa shape index (κ1) is 15.6. The number of piperazine rings is 1. The number of benzene rings is 1. The lowest BCUT2D eigenvalue weighted by Crippen LogP contribution is -2.49. The van der Waals surface area contributed by atoms with Crippen LogP contribution in [0.1, 0.15) is 12.5 Å². The van der Waals surface area contributed by atoms with E-state index in [-0.39, 0.29) is 24.8 Å². The molecule has 92 valence electrons. The molecule has 0 radical (unpaired) electrons. The van der Waals surface area contributed by atoms with E-state index in [0.29, 0.717) is 6.04 Å². The van der Waals surface area contributed by atoms with Crippen LogP contribution >= 0.6 is 24.8 Å². The van der Waals surface area contributed by atoms with Gasteiger partial charge >= 0.3 is 0 Å². The minimum Gasteiger partial charge on any atom is -0.366 e. The minimum absolute atomic E-state index is 0. The lowest BCUT2D eigenvalue weighted by Gasteiger charge is -2.36. The second kappa shape index (κ2) is 7.00. The van der Waals surface area contributed by atoms with Crippen molar-refractivity contribution in [2.24, 2.45) is 0 Å². The molecule has 2 rings (SSSR count). The smallest absolute Gasteiger partial charge is 0.0386 e. The summed E-state index contributed by atoms with van der Waals surface area (Å²) < 4.78 is 0. The van der Waals surface area contributed by atoms with Crippen LogP contribution in [0.4, 0.5) is 5.69 Å². The standard InChI is InChI=1S/C12H18N2.2ClH/c1-10-4-3-5-12(8-10)14-7-6-13-9-11(14)2;;/h3-5,8,11,13H,6-7,9H2,1-2H3;2*1H. The van der Waals surface area contributed by atoms with Crippen molar-refractivity contribution in [3.8, 4) is 0 Å². The van der Waals surface area contributed by atoms with Gasteiger partial charge in [0, 0.05) is 31.4 Å². The summed E-state index contributed by atoms with van der Waals surface area (Å²) in [5, 5.41) is 3.41. The first-order valence-electron chi connectivity index (χ1n) is 5.31. The molecule has 1 aliphatic heterocycles. The largest absolute Gasteiger partial charge is 0.366 e. The SMILES string of the molecule is Cc1cccc(N2CCNCC2C)c1.Cl.Cl. The maximum atomic E-state index is 3.41. The van der Waals surface area contributed by atoms with E-state index in [9.17, 15) is 0 Å². The van der Waals surface area contributed by atoms with Gasteiger partial charge in [-0.1, -0.05) is 12.1 Å². The maximum Gasteiger partial charge on any atom is 0.0386 e. The molecule has 1 atom stereocenters. The molecule has 1 N–H and O–H groups in total. The molecule has 1 heterocycles. The summed E-state index contributed by atoms with van der Waals surface area (Å²) >= 11 is 0. The van der Waals surface area contributed by atoms with Crippen LogP contribution in [0.25, 0.3) is 0 Å². The van der Waals surface area contributed by atoms with Gasteiger partial charge in [0.2, 0.25) is 0 Å². The van der Waals surface area contributed by atoms with Gasteiger partial charge in [-0.25, -0.2) is 0 Å². The van der Waals surface area contributed by atoms with Crippen LogP contribution in [0.5, 0.6) is 0 Å². The average molecular weight is 263 g/mol. The minimum atomic E-state index is 0. The average Bonchev–Trinajstić information content (AvgIpc) is 2.18. The molecule has 1 fully saturated rings. The van der Waals surface area contributed by atoms with Crippen molar-refractivity contribution in [2.45, 2.75) is 19.9 Å². The summed E-state index contributed by atoms with van der Waals surface area (Å²) in [6.07, 6.45) is 0. The number of nitrogens with zero attached hydrogens (tertiary/aromatic N) is 1. The van der Waals surface area contributed by atoms with E-state index in [1.54, 1.807) is 0 Å². The second-order valence-electron chi connectivity index (χ2n) is 4.09. The van der Waals surface area contributed by atoms with Crippen LogP contribution in [0.15, 0.2) is 24.3 Å². The third-order valence-corrected chi connectivity index (χ3v) is 2.83. The van der Waals surface area contributed by atoms with E-state index < -0.39 is 0 Å². The molecular weight excluding hydrogens is 243 g/mol. The van der Waals surface area contributed by atoms with Crippen molar-refractivity contribution in [3.63, 3.8) is 0 Å². The lowest BCUT2D eigenvalue weighted by molar-refractivity contribution is 0.501. The van der Waals surface area contributed by atoms with Crippen LogP contribution in [0, 0.1) is 6.92 Å². The first-order valence-corrected chi connectivity index (χ1v) is 5.31. The molecule has 0 bridgehead atoms. The highest BCUT2D eigenvalue weighted by Gasteiger charge is 2.17. The molecule has 2 nitrogen and oxygen atoms in total. The summed E-state index contributed by atoms with van der Waals surface area (Å²) in [5.74, 6) is 0. The van der Waals surface area contributed by atoms with Gasteiger partial charge in [-0.05, 0) is 31.5 Å². The van der Waals surface area contributed by atoms with Crippen molar-refractivity contribution in [2.75, 3.05) is 24.5 Å². The fraction of sp³-hybridized carbons (Fsp3) is 0.500. The first-order chi connectivity index (χ1) is 6.77. The quantitative estimate of drug-likeness (QED) is 0.838. The molecule has 1 saturated heterocycles. The topological polar surface area (TPSA) is 15.3 Å². The van der Waals surface area contributed by atoms with Crippen molar-refractivity contribution in [3.05, 3.63) is 29.8 Å². The Balaban J connectivity index is 0.00000112. The number of rotatable bonds is 1. The number of halogens is 2. The van der Waals surface area contributed by atoms with Crippen molar-refractivity contribution >= 4 is 30.5 Å². The highest BCUT2D eigenvalue weighted by molar-refractivity contribution is 5.85. The molecular formula is C12H20Cl2N2. The van der Waals surface area contributed by atoms with Crippen LogP contribution in [0.2, 0.25) is 0 Å². The van der Waals surface area contributed by atoms with E-state index >= 15 is 0 Å². The van der Waals surface area contributed by atoms with E-state index in [1.807, 2.05) is 0 Å². The molecule has 4 heteroatoms. The summed E-state index contributed by atoms with van der Waals surface area (Å²) in [6, 6.07) is 9.36. The fourth-order valence-corrected chi connectivity index (χ4v) is 2.03. The van der Waals surface area contributed by atoms with Gasteiger partial charge in [0.25, 0.3) is 0 Å². The predicted octanol–water partition coefficient (Wildman–Crippen LogP) is 2.64. The Hall–Kier alpha value is -0.440. The Morgan fingerprint density at radius 2 is 2.06 bits per heavy atom. The number of hydrogen-bond donors (Lipinski definition) is 1. The van der Waals surface area contributed by atoms with Gasteiger partial charge in [-0.3, -0.25) is 0 Å². The van der Waals surface area contributed by atoms with Gasteiger partial charge in [0.05, 0.1) is 0 Å². The fourth-order valence-electron chi connectivity index (χ4n) is 2.03. The zero-order chi connectivity index (χ0) is 9.97. The van der Waals surface area contributed by atoms with E-state index in [1.165, 1.54) is 11.3 Å². The van der Waals surface area contributed by atoms with Crippen LogP contribution < -0.4 is 10.2 Å². The summed E-state index contributed by atoms with van der Waals surface area (Å²) in [5.41, 5.74) is 2.70. The zero-order valence-electron chi connectivity index (χ0n) is 9.77. The van der Waals surface area contributed by atoms with Gasteiger partial charge in [-0.15, -0.1) is 24.8 Å². The molecule has 0 aliphatic carbocycles. The Morgan fingerprint density at radius 1 is 1.31 bits per heavy atom. The third-order valence-electron chi connectivity index (χ3n) is 2.83. The van der Waals surface area contributed by atoms with Crippen molar-refractivity contribution in [1.82, 2.24) is 5.32 Å². The van der Waals surface area contributed by atoms with Crippen molar-refractivity contribution in [1.29, 1.82) is 0 Å². The van der Waals surface area contributed by atoms with Crippen LogP contribution in [-0.4, -0.2) is 25.7 Å². The number of anilines is 1. The van der Waals surface area contributed by atoms with Gasteiger partial charge in [0.15, 0.2) is 0 Å². The van der Waals surface area contributed by atoms with Gasteiger partial charge < -0.3 is 10.2 Å². The highest BCUT2D eigenvalue weighted by atomic mass is 35.5. The Bertz CT molecular complexity index is 318. The molecule has 0 spiro atoms. The van der Waals surface area contributed by atoms with Crippen LogP contribution in [0.3, 0.4) is 0 Å². The summed E-state index contributed by atoms with van der Waals surface area (Å²) in [7, 11) is 0. The highest BCUT2D eigenvalue weighted by Crippen LogP contribution is 2.19. The van der Waals surface area contributed by atoms with E-state index in [2.05, 4.69) is 48.3 Å². The number of nitrogens with one attached hydrogen (secondary N) is 1. The molecule has 1 unspecified atom stereocenters. The zero-order valence-corrected chi connectivity index (χ0v) is 11.4. The monoisotopic (exact) mass is 262 g/mol. The second-order valence-corrected chi connectivity index (χ2v) is 4.09. The molecule has 16 heavy (non-hydrogen) atoms. The Morgan fingerprint density at radius 3 is 2.69 bits per heavy atom. The summed E-state index contributed by atoms with van der Waals surface area (Å²) in [6.45, 7) is 7.72. The maximum absolute atomic E-state index is 3.41. The number of hydrogen-bond acceptors (Lipinski definition) is 2. The molecule has 1 aliphatic rings. The lowest BCUT2D eigenvalue weighted by atomic mass is 10.1. The predicted molar refractivity (Wildman–Crippen MR) is 75.4 cm³/mol. The van der Waals surface area contributed by atoms with E-state index in [0.717, 1.165) is 19.6 Å². The molecule has 0 amide bonds. The normalized spacial score (nSPS) is 19.6. The van der Waals surface area contributed by atoms with Gasteiger partial charge in [0.1, 0.15) is 0 Å². The van der Waals surface area contributed by atoms with Crippen LogP contribution in [-0.2, 0) is 0 Å². The van der Waals surface area contributed by atoms with Gasteiger partial charge in [-0.2, -0.15) is 0 Å². The van der Waals surface area contributed by atoms with E-state index in [4.69, 9.17) is 0 Å². The molecule has 0 saturated carbocycles. The molecule has 1 aromatic carbocycles.